The van der Waals surface area contributed by atoms with Crippen molar-refractivity contribution in [3.8, 4) is 34.2 Å². The van der Waals surface area contributed by atoms with Gasteiger partial charge in [-0.05, 0) is 41.0 Å². The molecule has 1 atom stereocenters. The fourth-order valence-electron chi connectivity index (χ4n) is 7.20. The Morgan fingerprint density at radius 3 is 2.17 bits per heavy atom. The van der Waals surface area contributed by atoms with Crippen LogP contribution in [0.1, 0.15) is 29.2 Å². The first kappa shape index (κ1) is 26.8. The molecule has 3 heterocycles. The molecule has 0 spiro atoms. The van der Waals surface area contributed by atoms with E-state index >= 15 is 0 Å². The van der Waals surface area contributed by atoms with Crippen molar-refractivity contribution in [3.63, 3.8) is 0 Å². The molecule has 0 radical (unpaired) electrons. The van der Waals surface area contributed by atoms with Crippen LogP contribution in [0.3, 0.4) is 0 Å². The van der Waals surface area contributed by atoms with Gasteiger partial charge in [0.05, 0.1) is 5.56 Å². The molecule has 10 rings (SSSR count). The first-order chi connectivity index (χ1) is 23.8. The highest BCUT2D eigenvalue weighted by atomic mass is 16.3. The average Bonchev–Trinajstić information content (AvgIpc) is 3.73. The first-order valence-electron chi connectivity index (χ1n) is 16.2. The molecule has 0 saturated heterocycles. The van der Waals surface area contributed by atoms with E-state index in [2.05, 4.69) is 72.8 Å². The van der Waals surface area contributed by atoms with Gasteiger partial charge in [-0.25, -0.2) is 15.0 Å². The summed E-state index contributed by atoms with van der Waals surface area (Å²) in [4.78, 5) is 15.3. The molecule has 48 heavy (non-hydrogen) atoms. The van der Waals surface area contributed by atoms with E-state index in [1.54, 1.807) is 0 Å². The molecule has 0 bridgehead atoms. The highest BCUT2D eigenvalue weighted by Crippen LogP contribution is 2.44. The summed E-state index contributed by atoms with van der Waals surface area (Å²) in [5, 5.41) is 5.57. The van der Waals surface area contributed by atoms with Crippen LogP contribution in [0.15, 0.2) is 148 Å². The van der Waals surface area contributed by atoms with Gasteiger partial charge in [-0.1, -0.05) is 127 Å². The fraction of sp³-hybridized carbons (Fsp3) is 0.0465. The molecular weight excluding hydrogens is 590 g/mol. The number of para-hydroxylation sites is 2. The van der Waals surface area contributed by atoms with Crippen LogP contribution in [-0.4, -0.2) is 15.0 Å². The molecule has 5 nitrogen and oxygen atoms in total. The molecular formula is C43H27N3O2. The van der Waals surface area contributed by atoms with Crippen LogP contribution in [0, 0.1) is 0 Å². The van der Waals surface area contributed by atoms with Crippen molar-refractivity contribution in [2.24, 2.45) is 0 Å². The number of rotatable bonds is 4. The Bertz CT molecular complexity index is 2720. The van der Waals surface area contributed by atoms with Crippen molar-refractivity contribution in [2.75, 3.05) is 0 Å². The second-order valence-electron chi connectivity index (χ2n) is 12.3. The maximum atomic E-state index is 6.72. The zero-order chi connectivity index (χ0) is 31.6. The Balaban J connectivity index is 1.18. The van der Waals surface area contributed by atoms with Crippen molar-refractivity contribution in [3.05, 3.63) is 156 Å². The summed E-state index contributed by atoms with van der Waals surface area (Å²) in [6, 6.07) is 45.7. The molecule has 9 aromatic rings. The summed E-state index contributed by atoms with van der Waals surface area (Å²) in [7, 11) is 0. The van der Waals surface area contributed by atoms with E-state index in [1.165, 1.54) is 16.3 Å². The Hall–Kier alpha value is -6.33. The van der Waals surface area contributed by atoms with Crippen LogP contribution in [0.25, 0.3) is 83.9 Å². The predicted octanol–water partition coefficient (Wildman–Crippen LogP) is 11.2. The second-order valence-corrected chi connectivity index (χ2v) is 12.3. The molecule has 1 aliphatic carbocycles. The predicted molar refractivity (Wildman–Crippen MR) is 193 cm³/mol. The summed E-state index contributed by atoms with van der Waals surface area (Å²) < 4.78 is 13.1. The number of fused-ring (bicyclic) bond motifs is 7. The van der Waals surface area contributed by atoms with Gasteiger partial charge in [0.15, 0.2) is 17.5 Å². The fourth-order valence-corrected chi connectivity index (χ4v) is 7.20. The molecule has 0 N–H and O–H groups in total. The van der Waals surface area contributed by atoms with Gasteiger partial charge in [0.25, 0.3) is 0 Å². The summed E-state index contributed by atoms with van der Waals surface area (Å²) >= 11 is 0. The first-order valence-corrected chi connectivity index (χ1v) is 16.2. The topological polar surface area (TPSA) is 65.0 Å². The highest BCUT2D eigenvalue weighted by Gasteiger charge is 2.28. The van der Waals surface area contributed by atoms with E-state index < -0.39 is 0 Å². The van der Waals surface area contributed by atoms with Crippen molar-refractivity contribution >= 4 is 49.8 Å². The van der Waals surface area contributed by atoms with Gasteiger partial charge in [0.2, 0.25) is 0 Å². The Labute approximate surface area is 275 Å². The number of hydrogen-bond donors (Lipinski definition) is 0. The maximum absolute atomic E-state index is 6.72. The molecule has 0 fully saturated rings. The highest BCUT2D eigenvalue weighted by molar-refractivity contribution is 6.09. The molecule has 0 aliphatic heterocycles. The zero-order valence-corrected chi connectivity index (χ0v) is 25.8. The van der Waals surface area contributed by atoms with Crippen molar-refractivity contribution in [1.82, 2.24) is 15.0 Å². The van der Waals surface area contributed by atoms with Crippen LogP contribution >= 0.6 is 0 Å². The maximum Gasteiger partial charge on any atom is 0.167 e. The largest absolute Gasteiger partial charge is 0.460 e. The zero-order valence-electron chi connectivity index (χ0n) is 25.8. The third-order valence-electron chi connectivity index (χ3n) is 9.48. The average molecular weight is 618 g/mol. The number of benzene rings is 6. The number of nitrogens with zero attached hydrogens (tertiary/aromatic N) is 3. The minimum Gasteiger partial charge on any atom is -0.460 e. The SMILES string of the molecule is C1=Cc2c(oc3cccc(-c4nc(-c5ccccc5)nc(-c5cccc6c5oc5ccccc56)n4)c23)C(c2ccc3ccccc3c2)C1. The number of furan rings is 2. The van der Waals surface area contributed by atoms with Gasteiger partial charge in [-0.2, -0.15) is 0 Å². The Morgan fingerprint density at radius 2 is 1.25 bits per heavy atom. The minimum atomic E-state index is 0.106. The lowest BCUT2D eigenvalue weighted by atomic mass is 9.85. The van der Waals surface area contributed by atoms with Crippen molar-refractivity contribution in [2.45, 2.75) is 12.3 Å². The van der Waals surface area contributed by atoms with Gasteiger partial charge in [0, 0.05) is 38.8 Å². The third kappa shape index (κ3) is 4.21. The summed E-state index contributed by atoms with van der Waals surface area (Å²) in [6.07, 6.45) is 5.32. The molecule has 1 unspecified atom stereocenters. The Kier molecular flexibility index (Phi) is 5.93. The van der Waals surface area contributed by atoms with Gasteiger partial charge in [0.1, 0.15) is 22.5 Å². The van der Waals surface area contributed by atoms with E-state index in [0.717, 1.165) is 67.3 Å². The van der Waals surface area contributed by atoms with Gasteiger partial charge in [-0.15, -0.1) is 0 Å². The third-order valence-corrected chi connectivity index (χ3v) is 9.48. The second kappa shape index (κ2) is 10.6. The molecule has 226 valence electrons. The van der Waals surface area contributed by atoms with E-state index in [4.69, 9.17) is 23.8 Å². The van der Waals surface area contributed by atoms with Crippen LogP contribution in [0.4, 0.5) is 0 Å². The van der Waals surface area contributed by atoms with E-state index in [-0.39, 0.29) is 5.92 Å². The molecule has 1 aliphatic rings. The van der Waals surface area contributed by atoms with Crippen LogP contribution in [-0.2, 0) is 0 Å². The van der Waals surface area contributed by atoms with E-state index in [9.17, 15) is 0 Å². The minimum absolute atomic E-state index is 0.106. The number of aromatic nitrogens is 3. The molecule has 3 aromatic heterocycles. The van der Waals surface area contributed by atoms with Crippen LogP contribution in [0.5, 0.6) is 0 Å². The van der Waals surface area contributed by atoms with E-state index in [1.807, 2.05) is 72.8 Å². The summed E-state index contributed by atoms with van der Waals surface area (Å²) in [5.74, 6) is 2.82. The lowest BCUT2D eigenvalue weighted by Crippen LogP contribution is -2.04. The molecule has 0 amide bonds. The van der Waals surface area contributed by atoms with Crippen LogP contribution < -0.4 is 0 Å². The molecule has 6 aromatic carbocycles. The monoisotopic (exact) mass is 617 g/mol. The summed E-state index contributed by atoms with van der Waals surface area (Å²) in [6.45, 7) is 0. The summed E-state index contributed by atoms with van der Waals surface area (Å²) in [5.41, 5.74) is 7.37. The Morgan fingerprint density at radius 1 is 0.542 bits per heavy atom. The quantitative estimate of drug-likeness (QED) is 0.197. The molecule has 5 heteroatoms. The number of hydrogen-bond acceptors (Lipinski definition) is 5. The standard InChI is InChI=1S/C43H27N3O2/c1-2-12-27(13-3-1)41-44-42(46-43(45-41)35-20-9-17-32-31-15-6-7-21-36(31)47-40(32)35)34-19-10-22-37-38(34)33-18-8-16-30(39(33)48-37)29-24-23-26-11-4-5-14-28(26)25-29/h1-15,17-25,30H,16H2. The van der Waals surface area contributed by atoms with E-state index in [0.29, 0.717) is 17.5 Å². The van der Waals surface area contributed by atoms with Crippen molar-refractivity contribution in [1.29, 1.82) is 0 Å². The lowest BCUT2D eigenvalue weighted by Gasteiger charge is -2.18. The number of allylic oxidation sites excluding steroid dienone is 1. The normalized spacial score (nSPS) is 14.3. The molecule has 0 saturated carbocycles. The van der Waals surface area contributed by atoms with Crippen molar-refractivity contribution < 1.29 is 8.83 Å². The van der Waals surface area contributed by atoms with Gasteiger partial charge < -0.3 is 8.83 Å². The lowest BCUT2D eigenvalue weighted by molar-refractivity contribution is 0.517. The van der Waals surface area contributed by atoms with Gasteiger partial charge >= 0.3 is 0 Å². The van der Waals surface area contributed by atoms with Gasteiger partial charge in [-0.3, -0.25) is 0 Å². The van der Waals surface area contributed by atoms with Crippen LogP contribution in [0.2, 0.25) is 0 Å². The smallest absolute Gasteiger partial charge is 0.167 e.